The summed E-state index contributed by atoms with van der Waals surface area (Å²) in [6, 6.07) is 18.1. The molecule has 54 heavy (non-hydrogen) atoms. The molecule has 0 saturated heterocycles. The van der Waals surface area contributed by atoms with E-state index in [1.807, 2.05) is 38.1 Å². The third-order valence-corrected chi connectivity index (χ3v) is 10.2. The Morgan fingerprint density at radius 3 is 2.31 bits per heavy atom. The monoisotopic (exact) mass is 754 g/mol. The number of ether oxygens (including phenoxy) is 1. The lowest BCUT2D eigenvalue weighted by Gasteiger charge is -2.25. The lowest BCUT2D eigenvalue weighted by molar-refractivity contribution is -0.114. The second-order valence-corrected chi connectivity index (χ2v) is 16.2. The molecule has 6 rings (SSSR count). The fourth-order valence-corrected chi connectivity index (χ4v) is 7.33. The lowest BCUT2D eigenvalue weighted by Crippen LogP contribution is -2.30. The van der Waals surface area contributed by atoms with E-state index in [1.165, 1.54) is 35.9 Å². The highest BCUT2D eigenvalue weighted by atomic mass is 32.2. The molecule has 0 radical (unpaired) electrons. The third-order valence-electron chi connectivity index (χ3n) is 8.54. The van der Waals surface area contributed by atoms with Crippen molar-refractivity contribution in [2.45, 2.75) is 45.1 Å². The first-order valence-corrected chi connectivity index (χ1v) is 18.7. The van der Waals surface area contributed by atoms with E-state index in [2.05, 4.69) is 15.6 Å². The molecule has 0 fully saturated rings. The van der Waals surface area contributed by atoms with Crippen LogP contribution in [0.5, 0.6) is 0 Å². The number of amides is 1. The molecule has 0 unspecified atom stereocenters. The van der Waals surface area contributed by atoms with Gasteiger partial charge in [0, 0.05) is 61.5 Å². The molecular weight excluding hydrogens is 712 g/mol. The maximum atomic E-state index is 16.0. The molecule has 0 aliphatic carbocycles. The van der Waals surface area contributed by atoms with Crippen LogP contribution in [-0.2, 0) is 19.6 Å². The summed E-state index contributed by atoms with van der Waals surface area (Å²) in [4.78, 5) is 38.9. The molecule has 15 heteroatoms. The minimum Gasteiger partial charge on any atom is -0.443 e. The molecule has 282 valence electrons. The number of hydrogen-bond acceptors (Lipinski definition) is 10. The number of nitrogens with zero attached hydrogens (tertiary/aromatic N) is 6. The molecule has 1 amide bonds. The number of anilines is 4. The maximum Gasteiger partial charge on any atom is 0.419 e. The van der Waals surface area contributed by atoms with Gasteiger partial charge in [-0.15, -0.1) is 0 Å². The first kappa shape index (κ1) is 37.9. The van der Waals surface area contributed by atoms with E-state index in [4.69, 9.17) is 9.72 Å². The van der Waals surface area contributed by atoms with E-state index >= 15 is 4.39 Å². The lowest BCUT2D eigenvalue weighted by atomic mass is 10.1. The van der Waals surface area contributed by atoms with Gasteiger partial charge in [0.2, 0.25) is 11.9 Å². The second-order valence-electron chi connectivity index (χ2n) is 14.4. The van der Waals surface area contributed by atoms with Gasteiger partial charge < -0.3 is 25.2 Å². The molecule has 3 aromatic carbocycles. The number of hydrogen-bond donors (Lipinski definition) is 2. The van der Waals surface area contributed by atoms with Crippen molar-refractivity contribution in [1.82, 2.24) is 23.4 Å². The van der Waals surface area contributed by atoms with E-state index < -0.39 is 33.4 Å². The normalized spacial score (nSPS) is 12.0. The quantitative estimate of drug-likeness (QED) is 0.147. The summed E-state index contributed by atoms with van der Waals surface area (Å²) < 4.78 is 52.3. The Kier molecular flexibility index (Phi) is 10.2. The third kappa shape index (κ3) is 7.77. The van der Waals surface area contributed by atoms with Gasteiger partial charge in [0.15, 0.2) is 11.5 Å². The number of carbonyl (C=O) groups excluding carboxylic acids is 2. The Hall–Kier alpha value is -5.80. The zero-order chi connectivity index (χ0) is 39.1. The van der Waals surface area contributed by atoms with Gasteiger partial charge in [-0.1, -0.05) is 35.9 Å². The van der Waals surface area contributed by atoms with Crippen molar-refractivity contribution in [3.05, 3.63) is 90.5 Å². The highest BCUT2D eigenvalue weighted by Crippen LogP contribution is 2.38. The number of para-hydroxylation sites is 1. The molecule has 6 aromatic rings. The number of benzene rings is 3. The summed E-state index contributed by atoms with van der Waals surface area (Å²) in [5.74, 6) is -1.07. The summed E-state index contributed by atoms with van der Waals surface area (Å²) in [6.45, 7) is 9.64. The predicted molar refractivity (Wildman–Crippen MR) is 210 cm³/mol. The highest BCUT2D eigenvalue weighted by Gasteiger charge is 2.27. The van der Waals surface area contributed by atoms with E-state index in [-0.39, 0.29) is 33.6 Å². The number of aryl methyl sites for hydroxylation is 1. The fourth-order valence-electron chi connectivity index (χ4n) is 6.04. The smallest absolute Gasteiger partial charge is 0.419 e. The zero-order valence-corrected chi connectivity index (χ0v) is 32.2. The van der Waals surface area contributed by atoms with Crippen LogP contribution in [0.3, 0.4) is 0 Å². The largest absolute Gasteiger partial charge is 0.443 e. The summed E-state index contributed by atoms with van der Waals surface area (Å²) in [5, 5.41) is 6.81. The average Bonchev–Trinajstić information content (AvgIpc) is 3.69. The van der Waals surface area contributed by atoms with Crippen LogP contribution in [0.4, 0.5) is 32.2 Å². The molecule has 0 spiro atoms. The molecule has 0 bridgehead atoms. The Bertz CT molecular complexity index is 2500. The molecule has 2 N–H and O–H groups in total. The number of halogens is 1. The van der Waals surface area contributed by atoms with Crippen LogP contribution < -0.4 is 15.5 Å². The highest BCUT2D eigenvalue weighted by molar-refractivity contribution is 7.90. The number of rotatable bonds is 10. The molecule has 0 atom stereocenters. The standard InChI is InChI=1S/C39H43FN8O5S/c1-24-13-15-27(16-14-24)54(51,52)48-18-17-29-34(30-23-47(38(50)53-39(3,4)5)33-12-10-9-11-28(30)33)43-37(44-36(29)48)42-26-21-31(40)35(32(22-26)41-25(2)49)46(8)20-19-45(6)7/h9-18,21-23H,19-20H2,1-8H3,(H,41,49)(H,42,43,44). The molecule has 0 saturated carbocycles. The first-order valence-electron chi connectivity index (χ1n) is 17.2. The van der Waals surface area contributed by atoms with E-state index in [1.54, 1.807) is 75.3 Å². The number of likely N-dealkylation sites (N-methyl/N-ethyl adjacent to an activating group) is 2. The second kappa shape index (κ2) is 14.6. The van der Waals surface area contributed by atoms with Crippen molar-refractivity contribution >= 4 is 67.0 Å². The molecule has 3 aromatic heterocycles. The van der Waals surface area contributed by atoms with Crippen molar-refractivity contribution in [2.24, 2.45) is 0 Å². The molecule has 13 nitrogen and oxygen atoms in total. The van der Waals surface area contributed by atoms with Crippen molar-refractivity contribution in [1.29, 1.82) is 0 Å². The van der Waals surface area contributed by atoms with Gasteiger partial charge in [-0.3, -0.25) is 9.36 Å². The van der Waals surface area contributed by atoms with Gasteiger partial charge >= 0.3 is 6.09 Å². The van der Waals surface area contributed by atoms with Crippen LogP contribution in [0.1, 0.15) is 33.3 Å². The molecule has 0 aliphatic heterocycles. The van der Waals surface area contributed by atoms with E-state index in [0.717, 1.165) is 9.54 Å². The van der Waals surface area contributed by atoms with Crippen LogP contribution in [0.25, 0.3) is 33.2 Å². The number of carbonyl (C=O) groups is 2. The molecule has 0 aliphatic rings. The Morgan fingerprint density at radius 1 is 0.944 bits per heavy atom. The average molecular weight is 755 g/mol. The summed E-state index contributed by atoms with van der Waals surface area (Å²) in [6.07, 6.45) is 2.40. The number of aromatic nitrogens is 4. The van der Waals surface area contributed by atoms with Crippen LogP contribution in [0.2, 0.25) is 0 Å². The Labute approximate surface area is 313 Å². The minimum atomic E-state index is -4.15. The fraction of sp³-hybridized carbons (Fsp3) is 0.282. The van der Waals surface area contributed by atoms with Crippen LogP contribution in [-0.4, -0.2) is 83.7 Å². The van der Waals surface area contributed by atoms with Gasteiger partial charge in [0.1, 0.15) is 5.60 Å². The van der Waals surface area contributed by atoms with Crippen molar-refractivity contribution in [2.75, 3.05) is 49.8 Å². The van der Waals surface area contributed by atoms with Gasteiger partial charge in [-0.2, -0.15) is 4.98 Å². The molecular formula is C39H43FN8O5S. The molecule has 3 heterocycles. The SMILES string of the molecule is CC(=O)Nc1cc(Nc2nc(-c3cn(C(=O)OC(C)(C)C)c4ccccc34)c3ccn(S(=O)(=O)c4ccc(C)cc4)c3n2)cc(F)c1N(C)CCN(C)C. The van der Waals surface area contributed by atoms with Crippen molar-refractivity contribution in [3.63, 3.8) is 0 Å². The topological polar surface area (TPSA) is 144 Å². The summed E-state index contributed by atoms with van der Waals surface area (Å²) >= 11 is 0. The zero-order valence-electron chi connectivity index (χ0n) is 31.4. The Morgan fingerprint density at radius 2 is 1.65 bits per heavy atom. The van der Waals surface area contributed by atoms with Gasteiger partial charge in [0.25, 0.3) is 10.0 Å². The van der Waals surface area contributed by atoms with Crippen molar-refractivity contribution in [3.8, 4) is 11.3 Å². The maximum absolute atomic E-state index is 16.0. The number of fused-ring (bicyclic) bond motifs is 2. The van der Waals surface area contributed by atoms with Crippen molar-refractivity contribution < 1.29 is 27.1 Å². The van der Waals surface area contributed by atoms with E-state index in [0.29, 0.717) is 40.6 Å². The van der Waals surface area contributed by atoms with Gasteiger partial charge in [0.05, 0.1) is 27.5 Å². The minimum absolute atomic E-state index is 0.0415. The predicted octanol–water partition coefficient (Wildman–Crippen LogP) is 7.22. The number of nitrogens with one attached hydrogen (secondary N) is 2. The summed E-state index contributed by atoms with van der Waals surface area (Å²) in [7, 11) is 1.41. The van der Waals surface area contributed by atoms with Gasteiger partial charge in [-0.25, -0.2) is 26.6 Å². The van der Waals surface area contributed by atoms with E-state index in [9.17, 15) is 18.0 Å². The van der Waals surface area contributed by atoms with Crippen LogP contribution in [0, 0.1) is 12.7 Å². The first-order chi connectivity index (χ1) is 25.4. The van der Waals surface area contributed by atoms with Crippen LogP contribution >= 0.6 is 0 Å². The summed E-state index contributed by atoms with van der Waals surface area (Å²) in [5.41, 5.74) is 2.13. The Balaban J connectivity index is 1.55. The van der Waals surface area contributed by atoms with Crippen LogP contribution in [0.15, 0.2) is 84.0 Å². The van der Waals surface area contributed by atoms with Gasteiger partial charge in [-0.05, 0) is 78.2 Å².